The summed E-state index contributed by atoms with van der Waals surface area (Å²) in [6.45, 7) is 0.377. The van der Waals surface area contributed by atoms with Gasteiger partial charge in [0, 0.05) is 23.7 Å². The highest BCUT2D eigenvalue weighted by molar-refractivity contribution is 6.05. The molecule has 0 saturated carbocycles. The Kier molecular flexibility index (Phi) is 6.47. The lowest BCUT2D eigenvalue weighted by Crippen LogP contribution is -2.22. The van der Waals surface area contributed by atoms with Crippen molar-refractivity contribution >= 4 is 17.5 Å². The number of carbonyl (C=O) groups excluding carboxylic acids is 2. The number of methoxy groups -OCH3 is 2. The summed E-state index contributed by atoms with van der Waals surface area (Å²) in [5.41, 5.74) is 2.56. The number of ether oxygens (including phenoxy) is 2. The number of amides is 2. The van der Waals surface area contributed by atoms with Crippen molar-refractivity contribution in [3.05, 3.63) is 89.5 Å². The normalized spacial score (nSPS) is 10.1. The van der Waals surface area contributed by atoms with E-state index in [1.165, 1.54) is 7.11 Å². The smallest absolute Gasteiger partial charge is 0.255 e. The molecule has 0 unspecified atom stereocenters. The highest BCUT2D eigenvalue weighted by Gasteiger charge is 2.11. The van der Waals surface area contributed by atoms with Gasteiger partial charge in [-0.05, 0) is 42.0 Å². The summed E-state index contributed by atoms with van der Waals surface area (Å²) >= 11 is 0. The van der Waals surface area contributed by atoms with E-state index in [2.05, 4.69) is 10.6 Å². The van der Waals surface area contributed by atoms with Crippen molar-refractivity contribution in [1.82, 2.24) is 5.32 Å². The third-order valence-corrected chi connectivity index (χ3v) is 4.36. The maximum absolute atomic E-state index is 12.5. The quantitative estimate of drug-likeness (QED) is 0.642. The Labute approximate surface area is 169 Å². The third kappa shape index (κ3) is 5.13. The Morgan fingerprint density at radius 1 is 0.793 bits per heavy atom. The number of nitrogens with one attached hydrogen (secondary N) is 2. The summed E-state index contributed by atoms with van der Waals surface area (Å²) in [5.74, 6) is 0.757. The molecule has 0 heterocycles. The van der Waals surface area contributed by atoms with Gasteiger partial charge >= 0.3 is 0 Å². The molecule has 2 N–H and O–H groups in total. The second kappa shape index (κ2) is 9.41. The first kappa shape index (κ1) is 19.9. The van der Waals surface area contributed by atoms with Crippen molar-refractivity contribution in [2.45, 2.75) is 6.54 Å². The van der Waals surface area contributed by atoms with E-state index in [4.69, 9.17) is 9.47 Å². The SMILES string of the molecule is COc1ccc(NC(=O)c2ccc(CNC(=O)c3ccccc3)cc2)c(OC)c1. The molecule has 3 rings (SSSR count). The molecule has 0 fully saturated rings. The second-order valence-electron chi connectivity index (χ2n) is 6.27. The van der Waals surface area contributed by atoms with Gasteiger partial charge in [0.1, 0.15) is 11.5 Å². The molecule has 148 valence electrons. The predicted octanol–water partition coefficient (Wildman–Crippen LogP) is 3.89. The molecule has 6 nitrogen and oxygen atoms in total. The van der Waals surface area contributed by atoms with Gasteiger partial charge in [-0.15, -0.1) is 0 Å². The van der Waals surface area contributed by atoms with Crippen LogP contribution < -0.4 is 20.1 Å². The summed E-state index contributed by atoms with van der Waals surface area (Å²) in [5, 5.41) is 5.69. The maximum atomic E-state index is 12.5. The Morgan fingerprint density at radius 3 is 2.14 bits per heavy atom. The lowest BCUT2D eigenvalue weighted by Gasteiger charge is -2.12. The van der Waals surface area contributed by atoms with Crippen LogP contribution in [0.3, 0.4) is 0 Å². The minimum atomic E-state index is -0.256. The van der Waals surface area contributed by atoms with E-state index in [0.717, 1.165) is 5.56 Å². The van der Waals surface area contributed by atoms with Crippen molar-refractivity contribution in [1.29, 1.82) is 0 Å². The standard InChI is InChI=1S/C23H22N2O4/c1-28-19-12-13-20(21(14-19)29-2)25-23(27)18-10-8-16(9-11-18)15-24-22(26)17-6-4-3-5-7-17/h3-14H,15H2,1-2H3,(H,24,26)(H,25,27). The van der Waals surface area contributed by atoms with Crippen molar-refractivity contribution < 1.29 is 19.1 Å². The van der Waals surface area contributed by atoms with Crippen LogP contribution in [0.25, 0.3) is 0 Å². The lowest BCUT2D eigenvalue weighted by atomic mass is 10.1. The van der Waals surface area contributed by atoms with Crippen LogP contribution in [-0.4, -0.2) is 26.0 Å². The molecular formula is C23H22N2O4. The molecule has 0 radical (unpaired) electrons. The highest BCUT2D eigenvalue weighted by Crippen LogP contribution is 2.29. The first-order chi connectivity index (χ1) is 14.1. The molecule has 3 aromatic carbocycles. The van der Waals surface area contributed by atoms with Gasteiger partial charge in [-0.1, -0.05) is 30.3 Å². The molecule has 0 bridgehead atoms. The molecule has 0 aliphatic rings. The summed E-state index contributed by atoms with van der Waals surface area (Å²) in [6.07, 6.45) is 0. The summed E-state index contributed by atoms with van der Waals surface area (Å²) in [4.78, 5) is 24.6. The number of hydrogen-bond acceptors (Lipinski definition) is 4. The van der Waals surface area contributed by atoms with Gasteiger partial charge in [0.15, 0.2) is 0 Å². The fourth-order valence-corrected chi connectivity index (χ4v) is 2.74. The van der Waals surface area contributed by atoms with Crippen LogP contribution in [-0.2, 0) is 6.54 Å². The maximum Gasteiger partial charge on any atom is 0.255 e. The van der Waals surface area contributed by atoms with Gasteiger partial charge in [-0.25, -0.2) is 0 Å². The van der Waals surface area contributed by atoms with Gasteiger partial charge in [0.2, 0.25) is 0 Å². The number of benzene rings is 3. The molecule has 0 aliphatic carbocycles. The molecule has 6 heteroatoms. The Balaban J connectivity index is 1.61. The van der Waals surface area contributed by atoms with Crippen LogP contribution in [0.1, 0.15) is 26.3 Å². The minimum absolute atomic E-state index is 0.140. The molecule has 2 amide bonds. The zero-order valence-corrected chi connectivity index (χ0v) is 16.3. The van der Waals surface area contributed by atoms with Gasteiger partial charge < -0.3 is 20.1 Å². The van der Waals surface area contributed by atoms with E-state index in [1.54, 1.807) is 49.6 Å². The van der Waals surface area contributed by atoms with E-state index in [0.29, 0.717) is 34.9 Å². The van der Waals surface area contributed by atoms with Crippen LogP contribution in [0.2, 0.25) is 0 Å². The topological polar surface area (TPSA) is 76.7 Å². The van der Waals surface area contributed by atoms with E-state index in [-0.39, 0.29) is 11.8 Å². The Morgan fingerprint density at radius 2 is 1.48 bits per heavy atom. The van der Waals surface area contributed by atoms with Crippen LogP contribution in [0.5, 0.6) is 11.5 Å². The lowest BCUT2D eigenvalue weighted by molar-refractivity contribution is 0.0949. The van der Waals surface area contributed by atoms with E-state index in [1.807, 2.05) is 30.3 Å². The average Bonchev–Trinajstić information content (AvgIpc) is 2.78. The Hall–Kier alpha value is -3.80. The zero-order chi connectivity index (χ0) is 20.6. The number of hydrogen-bond donors (Lipinski definition) is 2. The first-order valence-electron chi connectivity index (χ1n) is 9.06. The predicted molar refractivity (Wildman–Crippen MR) is 112 cm³/mol. The van der Waals surface area contributed by atoms with Crippen LogP contribution in [0.15, 0.2) is 72.8 Å². The molecule has 0 aromatic heterocycles. The van der Waals surface area contributed by atoms with Crippen LogP contribution in [0, 0.1) is 0 Å². The molecule has 3 aromatic rings. The largest absolute Gasteiger partial charge is 0.497 e. The summed E-state index contributed by atoms with van der Waals surface area (Å²) < 4.78 is 10.5. The second-order valence-corrected chi connectivity index (χ2v) is 6.27. The molecule has 0 aliphatic heterocycles. The number of rotatable bonds is 7. The zero-order valence-electron chi connectivity index (χ0n) is 16.3. The van der Waals surface area contributed by atoms with Crippen molar-refractivity contribution in [3.63, 3.8) is 0 Å². The van der Waals surface area contributed by atoms with Gasteiger partial charge in [-0.3, -0.25) is 9.59 Å². The first-order valence-corrected chi connectivity index (χ1v) is 9.06. The van der Waals surface area contributed by atoms with E-state index >= 15 is 0 Å². The summed E-state index contributed by atoms with van der Waals surface area (Å²) in [7, 11) is 3.10. The molecule has 0 atom stereocenters. The van der Waals surface area contributed by atoms with Crippen molar-refractivity contribution in [2.75, 3.05) is 19.5 Å². The van der Waals surface area contributed by atoms with E-state index in [9.17, 15) is 9.59 Å². The third-order valence-electron chi connectivity index (χ3n) is 4.36. The molecule has 29 heavy (non-hydrogen) atoms. The number of carbonyl (C=O) groups is 2. The fourth-order valence-electron chi connectivity index (χ4n) is 2.74. The summed E-state index contributed by atoms with van der Waals surface area (Å²) in [6, 6.07) is 21.3. The van der Waals surface area contributed by atoms with Gasteiger partial charge in [0.25, 0.3) is 11.8 Å². The average molecular weight is 390 g/mol. The molecule has 0 spiro atoms. The van der Waals surface area contributed by atoms with E-state index < -0.39 is 0 Å². The monoisotopic (exact) mass is 390 g/mol. The number of anilines is 1. The van der Waals surface area contributed by atoms with Gasteiger partial charge in [0.05, 0.1) is 19.9 Å². The fraction of sp³-hybridized carbons (Fsp3) is 0.130. The highest BCUT2D eigenvalue weighted by atomic mass is 16.5. The Bertz CT molecular complexity index is 986. The van der Waals surface area contributed by atoms with Gasteiger partial charge in [-0.2, -0.15) is 0 Å². The van der Waals surface area contributed by atoms with Crippen molar-refractivity contribution in [2.24, 2.45) is 0 Å². The van der Waals surface area contributed by atoms with Crippen LogP contribution >= 0.6 is 0 Å². The van der Waals surface area contributed by atoms with Crippen molar-refractivity contribution in [3.8, 4) is 11.5 Å². The minimum Gasteiger partial charge on any atom is -0.497 e. The molecular weight excluding hydrogens is 368 g/mol. The van der Waals surface area contributed by atoms with Crippen LogP contribution in [0.4, 0.5) is 5.69 Å². The molecule has 0 saturated heterocycles.